The van der Waals surface area contributed by atoms with Gasteiger partial charge in [0.15, 0.2) is 0 Å². The van der Waals surface area contributed by atoms with E-state index in [0.717, 1.165) is 4.88 Å². The molecule has 0 aliphatic rings. The summed E-state index contributed by atoms with van der Waals surface area (Å²) in [5.74, 6) is 2.62. The lowest BCUT2D eigenvalue weighted by molar-refractivity contribution is 1.33. The predicted octanol–water partition coefficient (Wildman–Crippen LogP) is 2.79. The van der Waals surface area contributed by atoms with Gasteiger partial charge in [0, 0.05) is 17.3 Å². The summed E-state index contributed by atoms with van der Waals surface area (Å²) in [6.45, 7) is 0. The molecule has 0 amide bonds. The second-order valence-electron chi connectivity index (χ2n) is 2.54. The normalized spacial score (nSPS) is 9.46. The third kappa shape index (κ3) is 1.61. The van der Waals surface area contributed by atoms with E-state index in [2.05, 4.69) is 10.9 Å². The van der Waals surface area contributed by atoms with Crippen molar-refractivity contribution in [2.75, 3.05) is 0 Å². The van der Waals surface area contributed by atoms with Crippen molar-refractivity contribution in [2.45, 2.75) is 0 Å². The first-order valence-electron chi connectivity index (χ1n) is 3.87. The Bertz CT molecular complexity index is 437. The highest BCUT2D eigenvalue weighted by Gasteiger charge is 1.99. The molecule has 2 heteroatoms. The molecule has 0 N–H and O–H groups in total. The molecule has 0 unspecified atom stereocenters. The van der Waals surface area contributed by atoms with E-state index in [9.17, 15) is 0 Å². The smallest absolute Gasteiger partial charge is 0.0772 e. The van der Waals surface area contributed by atoms with Crippen molar-refractivity contribution in [1.82, 2.24) is 4.98 Å². The number of aromatic nitrogens is 1. The number of pyridine rings is 1. The summed E-state index contributed by atoms with van der Waals surface area (Å²) >= 11 is 1.62. The van der Waals surface area contributed by atoms with Crippen LogP contribution in [0.2, 0.25) is 0 Å². The summed E-state index contributed by atoms with van der Waals surface area (Å²) in [6.07, 6.45) is 8.85. The van der Waals surface area contributed by atoms with Crippen LogP contribution in [0.5, 0.6) is 0 Å². The van der Waals surface area contributed by atoms with Crippen LogP contribution in [0.1, 0.15) is 4.88 Å². The molecule has 0 aliphatic heterocycles. The molecule has 2 aromatic heterocycles. The molecule has 0 saturated carbocycles. The summed E-state index contributed by atoms with van der Waals surface area (Å²) in [5.41, 5.74) is 1.17. The van der Waals surface area contributed by atoms with Crippen LogP contribution in [0.15, 0.2) is 36.7 Å². The van der Waals surface area contributed by atoms with Gasteiger partial charge in [0.05, 0.1) is 4.88 Å². The van der Waals surface area contributed by atoms with Gasteiger partial charge >= 0.3 is 0 Å². The van der Waals surface area contributed by atoms with Gasteiger partial charge in [-0.3, -0.25) is 4.98 Å². The summed E-state index contributed by atoms with van der Waals surface area (Å²) in [6, 6.07) is 7.95. The first kappa shape index (κ1) is 8.03. The van der Waals surface area contributed by atoms with E-state index in [4.69, 9.17) is 6.42 Å². The largest absolute Gasteiger partial charge is 0.265 e. The minimum absolute atomic E-state index is 0.965. The van der Waals surface area contributed by atoms with Gasteiger partial charge in [0.25, 0.3) is 0 Å². The zero-order valence-electron chi connectivity index (χ0n) is 6.90. The van der Waals surface area contributed by atoms with E-state index in [-0.39, 0.29) is 0 Å². The molecular weight excluding hydrogens is 178 g/mol. The maximum absolute atomic E-state index is 5.29. The van der Waals surface area contributed by atoms with E-state index >= 15 is 0 Å². The minimum atomic E-state index is 0.965. The fourth-order valence-corrected chi connectivity index (χ4v) is 1.91. The van der Waals surface area contributed by atoms with Crippen LogP contribution >= 0.6 is 11.3 Å². The molecule has 13 heavy (non-hydrogen) atoms. The fourth-order valence-electron chi connectivity index (χ4n) is 1.09. The SMILES string of the molecule is C#Cc1ccc(-c2ccncc2)s1. The van der Waals surface area contributed by atoms with Crippen molar-refractivity contribution in [3.8, 4) is 22.8 Å². The van der Waals surface area contributed by atoms with Crippen LogP contribution < -0.4 is 0 Å². The Morgan fingerprint density at radius 2 is 1.92 bits per heavy atom. The van der Waals surface area contributed by atoms with Crippen LogP contribution in [0, 0.1) is 12.3 Å². The number of hydrogen-bond acceptors (Lipinski definition) is 2. The second-order valence-corrected chi connectivity index (χ2v) is 3.63. The fraction of sp³-hybridized carbons (Fsp3) is 0. The van der Waals surface area contributed by atoms with Gasteiger partial charge in [0.2, 0.25) is 0 Å². The van der Waals surface area contributed by atoms with Gasteiger partial charge in [-0.25, -0.2) is 0 Å². The van der Waals surface area contributed by atoms with Crippen molar-refractivity contribution in [2.24, 2.45) is 0 Å². The number of rotatable bonds is 1. The Morgan fingerprint density at radius 1 is 1.15 bits per heavy atom. The Labute approximate surface area is 81.1 Å². The van der Waals surface area contributed by atoms with Gasteiger partial charge in [-0.1, -0.05) is 5.92 Å². The average Bonchev–Trinajstić information content (AvgIpc) is 2.67. The highest BCUT2D eigenvalue weighted by atomic mass is 32.1. The minimum Gasteiger partial charge on any atom is -0.265 e. The summed E-state index contributed by atoms with van der Waals surface area (Å²) in [4.78, 5) is 6.12. The van der Waals surface area contributed by atoms with Gasteiger partial charge in [-0.2, -0.15) is 0 Å². The van der Waals surface area contributed by atoms with Gasteiger partial charge in [-0.15, -0.1) is 17.8 Å². The molecule has 2 aromatic rings. The number of thiophene rings is 1. The molecule has 0 spiro atoms. The van der Waals surface area contributed by atoms with Gasteiger partial charge < -0.3 is 0 Å². The lowest BCUT2D eigenvalue weighted by Gasteiger charge is -1.93. The highest BCUT2D eigenvalue weighted by Crippen LogP contribution is 2.26. The van der Waals surface area contributed by atoms with Crippen LogP contribution in [0.25, 0.3) is 10.4 Å². The maximum atomic E-state index is 5.29. The van der Waals surface area contributed by atoms with E-state index < -0.39 is 0 Å². The third-order valence-corrected chi connectivity index (χ3v) is 2.78. The van der Waals surface area contributed by atoms with Crippen molar-refractivity contribution in [1.29, 1.82) is 0 Å². The van der Waals surface area contributed by atoms with Crippen LogP contribution in [0.3, 0.4) is 0 Å². The molecule has 0 aliphatic carbocycles. The average molecular weight is 185 g/mol. The monoisotopic (exact) mass is 185 g/mol. The quantitative estimate of drug-likeness (QED) is 0.622. The Hall–Kier alpha value is -1.59. The highest BCUT2D eigenvalue weighted by molar-refractivity contribution is 7.16. The van der Waals surface area contributed by atoms with E-state index in [0.29, 0.717) is 0 Å². The Morgan fingerprint density at radius 3 is 2.54 bits per heavy atom. The lowest BCUT2D eigenvalue weighted by atomic mass is 10.2. The first-order chi connectivity index (χ1) is 6.40. The molecule has 0 bridgehead atoms. The first-order valence-corrected chi connectivity index (χ1v) is 4.68. The van der Waals surface area contributed by atoms with Crippen molar-refractivity contribution >= 4 is 11.3 Å². The topological polar surface area (TPSA) is 12.9 Å². The van der Waals surface area contributed by atoms with Crippen molar-refractivity contribution in [3.63, 3.8) is 0 Å². The van der Waals surface area contributed by atoms with Gasteiger partial charge in [-0.05, 0) is 29.8 Å². The number of nitrogens with zero attached hydrogens (tertiary/aromatic N) is 1. The summed E-state index contributed by atoms with van der Waals surface area (Å²) in [5, 5.41) is 0. The summed E-state index contributed by atoms with van der Waals surface area (Å²) < 4.78 is 0. The van der Waals surface area contributed by atoms with E-state index in [1.807, 2.05) is 24.3 Å². The van der Waals surface area contributed by atoms with Crippen LogP contribution in [-0.4, -0.2) is 4.98 Å². The molecule has 0 fully saturated rings. The second kappa shape index (κ2) is 3.42. The lowest BCUT2D eigenvalue weighted by Crippen LogP contribution is -1.71. The molecule has 2 rings (SSSR count). The van der Waals surface area contributed by atoms with E-state index in [1.54, 1.807) is 23.7 Å². The number of hydrogen-bond donors (Lipinski definition) is 0. The van der Waals surface area contributed by atoms with Gasteiger partial charge in [0.1, 0.15) is 0 Å². The standard InChI is InChI=1S/C11H7NS/c1-2-10-3-4-11(13-10)9-5-7-12-8-6-9/h1,3-8H. The Kier molecular flexibility index (Phi) is 2.11. The maximum Gasteiger partial charge on any atom is 0.0772 e. The molecule has 62 valence electrons. The molecular formula is C11H7NS. The van der Waals surface area contributed by atoms with E-state index in [1.165, 1.54) is 10.4 Å². The van der Waals surface area contributed by atoms with Crippen LogP contribution in [-0.2, 0) is 0 Å². The molecule has 1 nitrogen and oxygen atoms in total. The predicted molar refractivity (Wildman–Crippen MR) is 55.5 cm³/mol. The summed E-state index contributed by atoms with van der Waals surface area (Å²) in [7, 11) is 0. The molecule has 0 saturated heterocycles. The number of terminal acetylenes is 1. The molecule has 0 aromatic carbocycles. The zero-order chi connectivity index (χ0) is 9.10. The molecule has 0 atom stereocenters. The van der Waals surface area contributed by atoms with Crippen molar-refractivity contribution < 1.29 is 0 Å². The van der Waals surface area contributed by atoms with Crippen LogP contribution in [0.4, 0.5) is 0 Å². The zero-order valence-corrected chi connectivity index (χ0v) is 7.71. The third-order valence-electron chi connectivity index (χ3n) is 1.71. The molecule has 2 heterocycles. The Balaban J connectivity index is 2.43. The molecule has 0 radical (unpaired) electrons. The van der Waals surface area contributed by atoms with Crippen molar-refractivity contribution in [3.05, 3.63) is 41.5 Å².